The van der Waals surface area contributed by atoms with E-state index in [9.17, 15) is 14.7 Å². The molecular weight excluding hydrogens is 528 g/mol. The number of esters is 1. The summed E-state index contributed by atoms with van der Waals surface area (Å²) in [6.07, 6.45) is 0.438. The van der Waals surface area contributed by atoms with Crippen molar-refractivity contribution in [2.24, 2.45) is 5.10 Å². The summed E-state index contributed by atoms with van der Waals surface area (Å²) in [7, 11) is 1.28. The second-order valence-electron chi connectivity index (χ2n) is 8.90. The van der Waals surface area contributed by atoms with E-state index in [-0.39, 0.29) is 12.2 Å². The minimum atomic E-state index is -1.12. The highest BCUT2D eigenvalue weighted by molar-refractivity contribution is 5.95. The van der Waals surface area contributed by atoms with E-state index in [1.165, 1.54) is 7.11 Å². The number of carbonyl (C=O) groups is 2. The van der Waals surface area contributed by atoms with Crippen LogP contribution in [0.2, 0.25) is 0 Å². The zero-order valence-corrected chi connectivity index (χ0v) is 22.9. The summed E-state index contributed by atoms with van der Waals surface area (Å²) in [5.41, 5.74) is 4.67. The first-order chi connectivity index (χ1) is 19.9. The van der Waals surface area contributed by atoms with Crippen molar-refractivity contribution in [3.63, 3.8) is 0 Å². The number of aliphatic hydroxyl groups excluding tert-OH is 1. The van der Waals surface area contributed by atoms with Crippen molar-refractivity contribution in [1.29, 1.82) is 0 Å². The summed E-state index contributed by atoms with van der Waals surface area (Å²) in [6.45, 7) is 3.66. The number of nitrogens with one attached hydrogen (secondary N) is 3. The number of nitrogens with zero attached hydrogens (tertiary/aromatic N) is 1. The molecule has 11 nitrogen and oxygen atoms in total. The molecule has 11 heteroatoms. The van der Waals surface area contributed by atoms with Gasteiger partial charge in [-0.2, -0.15) is 5.10 Å². The number of methoxy groups -OCH3 is 1. The Balaban J connectivity index is 1.38. The number of urea groups is 1. The van der Waals surface area contributed by atoms with Crippen LogP contribution in [0, 0.1) is 0 Å². The fourth-order valence-corrected chi connectivity index (χ4v) is 4.10. The number of carbonyl (C=O) groups excluding carboxylic acids is 2. The van der Waals surface area contributed by atoms with Gasteiger partial charge in [0, 0.05) is 5.70 Å². The predicted molar refractivity (Wildman–Crippen MR) is 152 cm³/mol. The van der Waals surface area contributed by atoms with Gasteiger partial charge in [-0.1, -0.05) is 36.4 Å². The third-order valence-electron chi connectivity index (χ3n) is 5.95. The Morgan fingerprint density at radius 2 is 1.83 bits per heavy atom. The van der Waals surface area contributed by atoms with E-state index in [4.69, 9.17) is 18.9 Å². The van der Waals surface area contributed by atoms with Gasteiger partial charge in [-0.3, -0.25) is 5.43 Å². The molecule has 4 rings (SSSR count). The number of para-hydroxylation sites is 1. The lowest BCUT2D eigenvalue weighted by Gasteiger charge is -2.28. The molecule has 2 atom stereocenters. The summed E-state index contributed by atoms with van der Waals surface area (Å²) in [5, 5.41) is 19.8. The minimum absolute atomic E-state index is 0.134. The molecule has 0 aliphatic carbocycles. The molecular formula is C30H32N4O7. The predicted octanol–water partition coefficient (Wildman–Crippen LogP) is 4.00. The van der Waals surface area contributed by atoms with E-state index in [1.54, 1.807) is 31.3 Å². The number of benzene rings is 3. The number of hydrogen-bond donors (Lipinski definition) is 4. The Morgan fingerprint density at radius 1 is 1.05 bits per heavy atom. The molecule has 0 spiro atoms. The third-order valence-corrected chi connectivity index (χ3v) is 5.95. The molecule has 3 aromatic carbocycles. The highest BCUT2D eigenvalue weighted by Gasteiger charge is 2.32. The Hall–Kier alpha value is -5.03. The number of aliphatic hydroxyl groups is 1. The topological polar surface area (TPSA) is 140 Å². The summed E-state index contributed by atoms with van der Waals surface area (Å²) in [5.74, 6) is 1.56. The van der Waals surface area contributed by atoms with Gasteiger partial charge in [-0.15, -0.1) is 0 Å². The van der Waals surface area contributed by atoms with Crippen molar-refractivity contribution in [3.05, 3.63) is 95.2 Å². The SMILES string of the molecule is CCOc1cc([C@@H]2NC(=O)NC(C)=C2C(=O)OC)ccc1OC[C@H](O)N/N=C\c1cccc(Oc2ccccc2)c1. The molecule has 0 fully saturated rings. The second-order valence-corrected chi connectivity index (χ2v) is 8.90. The first kappa shape index (κ1) is 29.0. The van der Waals surface area contributed by atoms with Crippen molar-refractivity contribution < 1.29 is 33.6 Å². The van der Waals surface area contributed by atoms with E-state index >= 15 is 0 Å². The van der Waals surface area contributed by atoms with Crippen LogP contribution >= 0.6 is 0 Å². The van der Waals surface area contributed by atoms with Crippen LogP contribution in [0.3, 0.4) is 0 Å². The van der Waals surface area contributed by atoms with Gasteiger partial charge in [0.2, 0.25) is 0 Å². The van der Waals surface area contributed by atoms with Crippen LogP contribution < -0.4 is 30.3 Å². The van der Waals surface area contributed by atoms with E-state index in [0.717, 1.165) is 11.3 Å². The molecule has 3 aromatic rings. The van der Waals surface area contributed by atoms with Gasteiger partial charge in [0.1, 0.15) is 18.1 Å². The van der Waals surface area contributed by atoms with Crippen molar-refractivity contribution in [2.75, 3.05) is 20.3 Å². The smallest absolute Gasteiger partial charge is 0.337 e. The number of allylic oxidation sites excluding steroid dienone is 1. The molecule has 41 heavy (non-hydrogen) atoms. The maximum atomic E-state index is 12.4. The summed E-state index contributed by atoms with van der Waals surface area (Å²) in [4.78, 5) is 24.5. The molecule has 0 saturated carbocycles. The Morgan fingerprint density at radius 3 is 2.59 bits per heavy atom. The zero-order chi connectivity index (χ0) is 29.2. The van der Waals surface area contributed by atoms with Gasteiger partial charge in [0.05, 0.1) is 31.5 Å². The van der Waals surface area contributed by atoms with Gasteiger partial charge in [0.25, 0.3) is 0 Å². The van der Waals surface area contributed by atoms with Gasteiger partial charge >= 0.3 is 12.0 Å². The average molecular weight is 561 g/mol. The average Bonchev–Trinajstić information content (AvgIpc) is 2.96. The first-order valence-corrected chi connectivity index (χ1v) is 12.9. The number of ether oxygens (including phenoxy) is 4. The summed E-state index contributed by atoms with van der Waals surface area (Å²) >= 11 is 0. The van der Waals surface area contributed by atoms with Gasteiger partial charge in [-0.05, 0) is 61.4 Å². The molecule has 0 unspecified atom stereocenters. The molecule has 0 saturated heterocycles. The molecule has 1 aliphatic rings. The fourth-order valence-electron chi connectivity index (χ4n) is 4.10. The Bertz CT molecular complexity index is 1430. The number of hydrogen-bond acceptors (Lipinski definition) is 9. The largest absolute Gasteiger partial charge is 0.490 e. The molecule has 1 aliphatic heterocycles. The van der Waals surface area contributed by atoms with Gasteiger partial charge in [-0.25, -0.2) is 9.59 Å². The molecule has 0 radical (unpaired) electrons. The zero-order valence-electron chi connectivity index (χ0n) is 22.9. The second kappa shape index (κ2) is 13.9. The van der Waals surface area contributed by atoms with Crippen molar-refractivity contribution in [3.8, 4) is 23.0 Å². The fraction of sp³-hybridized carbons (Fsp3) is 0.233. The molecule has 2 amide bonds. The number of amides is 2. The Labute approximate surface area is 237 Å². The van der Waals surface area contributed by atoms with Crippen LogP contribution in [0.4, 0.5) is 4.79 Å². The lowest BCUT2D eigenvalue weighted by molar-refractivity contribution is -0.136. The molecule has 214 valence electrons. The van der Waals surface area contributed by atoms with Crippen LogP contribution in [-0.4, -0.2) is 49.9 Å². The van der Waals surface area contributed by atoms with Gasteiger partial charge in [0.15, 0.2) is 17.7 Å². The maximum absolute atomic E-state index is 12.4. The highest BCUT2D eigenvalue weighted by Crippen LogP contribution is 2.35. The van der Waals surface area contributed by atoms with E-state index in [0.29, 0.717) is 35.1 Å². The molecule has 0 bridgehead atoms. The van der Waals surface area contributed by atoms with Crippen LogP contribution in [0.25, 0.3) is 0 Å². The van der Waals surface area contributed by atoms with E-state index in [1.807, 2.05) is 61.5 Å². The third kappa shape index (κ3) is 7.76. The highest BCUT2D eigenvalue weighted by atomic mass is 16.5. The van der Waals surface area contributed by atoms with Crippen molar-refractivity contribution in [2.45, 2.75) is 26.1 Å². The maximum Gasteiger partial charge on any atom is 0.337 e. The molecule has 0 aromatic heterocycles. The van der Waals surface area contributed by atoms with E-state index < -0.39 is 24.3 Å². The first-order valence-electron chi connectivity index (χ1n) is 12.9. The standard InChI is InChI=1S/C30H32N4O7/c1-4-39-25-16-21(28-27(29(36)38-3)19(2)32-30(37)33-28)13-14-24(25)40-18-26(35)34-31-17-20-9-8-12-23(15-20)41-22-10-6-5-7-11-22/h5-17,26,28,34-35H,4,18H2,1-3H3,(H2,32,33,37)/b31-17-/t26-,28-/m0/s1. The minimum Gasteiger partial charge on any atom is -0.490 e. The van der Waals surface area contributed by atoms with Gasteiger partial charge < -0.3 is 34.7 Å². The quantitative estimate of drug-likeness (QED) is 0.113. The Kier molecular flexibility index (Phi) is 9.79. The lowest BCUT2D eigenvalue weighted by Crippen LogP contribution is -2.45. The summed E-state index contributed by atoms with van der Waals surface area (Å²) < 4.78 is 22.3. The van der Waals surface area contributed by atoms with Crippen molar-refractivity contribution in [1.82, 2.24) is 16.1 Å². The van der Waals surface area contributed by atoms with Crippen LogP contribution in [-0.2, 0) is 9.53 Å². The van der Waals surface area contributed by atoms with Crippen LogP contribution in [0.5, 0.6) is 23.0 Å². The van der Waals surface area contributed by atoms with Crippen LogP contribution in [0.15, 0.2) is 89.2 Å². The number of hydrazone groups is 1. The molecule has 4 N–H and O–H groups in total. The van der Waals surface area contributed by atoms with E-state index in [2.05, 4.69) is 21.2 Å². The lowest BCUT2D eigenvalue weighted by atomic mass is 9.95. The number of rotatable bonds is 12. The monoisotopic (exact) mass is 560 g/mol. The normalized spacial score (nSPS) is 15.5. The molecule has 1 heterocycles. The van der Waals surface area contributed by atoms with Crippen molar-refractivity contribution >= 4 is 18.2 Å². The summed E-state index contributed by atoms with van der Waals surface area (Å²) in [6, 6.07) is 20.6. The van der Waals surface area contributed by atoms with Crippen LogP contribution in [0.1, 0.15) is 31.0 Å².